The number of rotatable bonds is 1. The van der Waals surface area contributed by atoms with E-state index in [1.54, 1.807) is 0 Å². The largest absolute Gasteiger partial charge is 0.280 e. The van der Waals surface area contributed by atoms with Gasteiger partial charge in [0.25, 0.3) is 5.56 Å². The van der Waals surface area contributed by atoms with Crippen molar-refractivity contribution in [1.29, 1.82) is 0 Å². The Hall–Kier alpha value is -2.72. The van der Waals surface area contributed by atoms with Crippen molar-refractivity contribution in [3.05, 3.63) is 75.3 Å². The molecule has 27 heavy (non-hydrogen) atoms. The summed E-state index contributed by atoms with van der Waals surface area (Å²) in [5, 5.41) is 7.72. The number of hydrogen-bond acceptors (Lipinski definition) is 3. The summed E-state index contributed by atoms with van der Waals surface area (Å²) in [6.07, 6.45) is 1.63. The summed E-state index contributed by atoms with van der Waals surface area (Å²) in [5.74, 6) is 0. The maximum Gasteiger partial charge on any atom is 0.280 e. The lowest BCUT2D eigenvalue weighted by molar-refractivity contribution is 0.345. The smallest absolute Gasteiger partial charge is 0.267 e. The number of fused-ring (bicyclic) bond motifs is 2. The van der Waals surface area contributed by atoms with E-state index < -0.39 is 0 Å². The molecule has 2 heterocycles. The molecule has 134 valence electrons. The quantitative estimate of drug-likeness (QED) is 0.452. The first-order valence-corrected chi connectivity index (χ1v) is 9.40. The van der Waals surface area contributed by atoms with Crippen LogP contribution in [0.15, 0.2) is 53.3 Å². The van der Waals surface area contributed by atoms with Crippen molar-refractivity contribution < 1.29 is 0 Å². The van der Waals surface area contributed by atoms with Crippen LogP contribution in [0.3, 0.4) is 0 Å². The molecule has 0 unspecified atom stereocenters. The molecule has 0 aliphatic heterocycles. The van der Waals surface area contributed by atoms with Gasteiger partial charge in [-0.05, 0) is 48.6 Å². The van der Waals surface area contributed by atoms with Crippen LogP contribution >= 0.6 is 11.6 Å². The van der Waals surface area contributed by atoms with Gasteiger partial charge in [0, 0.05) is 15.8 Å². The van der Waals surface area contributed by atoms with Gasteiger partial charge in [0.2, 0.25) is 0 Å². The Morgan fingerprint density at radius 2 is 1.74 bits per heavy atom. The molecular formula is C22H18ClN3O. The molecule has 0 atom stereocenters. The van der Waals surface area contributed by atoms with Gasteiger partial charge in [0.1, 0.15) is 0 Å². The second-order valence-corrected chi connectivity index (χ2v) is 8.42. The van der Waals surface area contributed by atoms with E-state index in [9.17, 15) is 4.79 Å². The molecule has 5 rings (SSSR count). The third-order valence-corrected chi connectivity index (χ3v) is 5.47. The van der Waals surface area contributed by atoms with E-state index >= 15 is 0 Å². The first kappa shape index (κ1) is 16.5. The van der Waals surface area contributed by atoms with Gasteiger partial charge >= 0.3 is 0 Å². The SMILES string of the molecule is CC1(C)Cc2nc3ccc(Cl)cc3c3c(=O)n(-c4ccccc4)nc(c23)C1. The van der Waals surface area contributed by atoms with Gasteiger partial charge in [0.15, 0.2) is 0 Å². The summed E-state index contributed by atoms with van der Waals surface area (Å²) in [6, 6.07) is 15.1. The maximum atomic E-state index is 13.5. The van der Waals surface area contributed by atoms with Crippen LogP contribution in [0.1, 0.15) is 25.2 Å². The van der Waals surface area contributed by atoms with E-state index in [0.29, 0.717) is 10.4 Å². The third-order valence-electron chi connectivity index (χ3n) is 5.23. The zero-order valence-electron chi connectivity index (χ0n) is 15.2. The second-order valence-electron chi connectivity index (χ2n) is 7.99. The molecule has 0 fully saturated rings. The number of hydrogen-bond donors (Lipinski definition) is 0. The summed E-state index contributed by atoms with van der Waals surface area (Å²) in [4.78, 5) is 18.4. The Morgan fingerprint density at radius 1 is 1.00 bits per heavy atom. The van der Waals surface area contributed by atoms with Crippen LogP contribution in [0, 0.1) is 5.41 Å². The summed E-state index contributed by atoms with van der Waals surface area (Å²) < 4.78 is 1.52. The lowest BCUT2D eigenvalue weighted by Gasteiger charge is -2.30. The minimum Gasteiger partial charge on any atom is -0.267 e. The average molecular weight is 376 g/mol. The van der Waals surface area contributed by atoms with E-state index in [-0.39, 0.29) is 11.0 Å². The molecule has 0 spiro atoms. The maximum absolute atomic E-state index is 13.5. The number of para-hydroxylation sites is 1. The molecule has 2 aromatic carbocycles. The minimum atomic E-state index is -0.129. The van der Waals surface area contributed by atoms with Crippen molar-refractivity contribution in [2.75, 3.05) is 0 Å². The molecule has 5 heteroatoms. The molecule has 0 bridgehead atoms. The number of benzene rings is 2. The van der Waals surface area contributed by atoms with Crippen molar-refractivity contribution in [3.8, 4) is 5.69 Å². The highest BCUT2D eigenvalue weighted by atomic mass is 35.5. The Kier molecular flexibility index (Phi) is 3.43. The van der Waals surface area contributed by atoms with Gasteiger partial charge in [-0.3, -0.25) is 9.78 Å². The van der Waals surface area contributed by atoms with Crippen LogP contribution in [-0.2, 0) is 12.8 Å². The van der Waals surface area contributed by atoms with Crippen molar-refractivity contribution in [1.82, 2.24) is 14.8 Å². The van der Waals surface area contributed by atoms with Gasteiger partial charge < -0.3 is 0 Å². The fourth-order valence-corrected chi connectivity index (χ4v) is 4.28. The number of nitrogens with zero attached hydrogens (tertiary/aromatic N) is 3. The highest BCUT2D eigenvalue weighted by Crippen LogP contribution is 2.38. The van der Waals surface area contributed by atoms with E-state index in [2.05, 4.69) is 13.8 Å². The molecule has 1 aliphatic rings. The topological polar surface area (TPSA) is 47.8 Å². The molecule has 4 aromatic rings. The fraction of sp³-hybridized carbons (Fsp3) is 0.227. The van der Waals surface area contributed by atoms with Crippen LogP contribution in [0.4, 0.5) is 0 Å². The monoisotopic (exact) mass is 375 g/mol. The Balaban J connectivity index is 2.00. The molecule has 0 amide bonds. The number of halogens is 1. The molecule has 4 nitrogen and oxygen atoms in total. The van der Waals surface area contributed by atoms with Crippen molar-refractivity contribution in [3.63, 3.8) is 0 Å². The van der Waals surface area contributed by atoms with Crippen molar-refractivity contribution >= 4 is 33.3 Å². The Labute approximate surface area is 161 Å². The van der Waals surface area contributed by atoms with Gasteiger partial charge in [0.05, 0.1) is 28.0 Å². The predicted octanol–water partition coefficient (Wildman–Crippen LogP) is 4.71. The van der Waals surface area contributed by atoms with Crippen LogP contribution in [-0.4, -0.2) is 14.8 Å². The highest BCUT2D eigenvalue weighted by Gasteiger charge is 2.31. The first-order chi connectivity index (χ1) is 12.9. The highest BCUT2D eigenvalue weighted by molar-refractivity contribution is 6.31. The number of aromatic nitrogens is 3. The van der Waals surface area contributed by atoms with E-state index in [1.807, 2.05) is 48.5 Å². The first-order valence-electron chi connectivity index (χ1n) is 9.02. The van der Waals surface area contributed by atoms with Gasteiger partial charge in [-0.15, -0.1) is 0 Å². The molecule has 2 aromatic heterocycles. The molecule has 0 saturated carbocycles. The Bertz CT molecular complexity index is 1280. The zero-order valence-corrected chi connectivity index (χ0v) is 15.9. The Morgan fingerprint density at radius 3 is 2.52 bits per heavy atom. The summed E-state index contributed by atoms with van der Waals surface area (Å²) in [5.41, 5.74) is 3.35. The van der Waals surface area contributed by atoms with Crippen LogP contribution in [0.2, 0.25) is 5.02 Å². The molecule has 0 saturated heterocycles. The van der Waals surface area contributed by atoms with Crippen molar-refractivity contribution in [2.24, 2.45) is 5.41 Å². The van der Waals surface area contributed by atoms with E-state index in [0.717, 1.165) is 46.2 Å². The molecule has 0 N–H and O–H groups in total. The fourth-order valence-electron chi connectivity index (χ4n) is 4.11. The lowest BCUT2D eigenvalue weighted by Crippen LogP contribution is -2.30. The second kappa shape index (κ2) is 5.64. The third kappa shape index (κ3) is 2.55. The van der Waals surface area contributed by atoms with E-state index in [4.69, 9.17) is 21.7 Å². The molecular weight excluding hydrogens is 358 g/mol. The molecule has 1 aliphatic carbocycles. The minimum absolute atomic E-state index is 0.0406. The summed E-state index contributed by atoms with van der Waals surface area (Å²) in [7, 11) is 0. The van der Waals surface area contributed by atoms with Crippen LogP contribution < -0.4 is 5.56 Å². The normalized spacial score (nSPS) is 15.4. The van der Waals surface area contributed by atoms with Gasteiger partial charge in [-0.25, -0.2) is 0 Å². The molecule has 0 radical (unpaired) electrons. The van der Waals surface area contributed by atoms with Crippen LogP contribution in [0.25, 0.3) is 27.4 Å². The standard InChI is InChI=1S/C22H18ClN3O/c1-22(2)11-17-20-18(12-22)25-26(14-6-4-3-5-7-14)21(27)19(20)15-10-13(23)8-9-16(15)24-17/h3-10H,11-12H2,1-2H3. The summed E-state index contributed by atoms with van der Waals surface area (Å²) in [6.45, 7) is 4.43. The lowest BCUT2D eigenvalue weighted by atomic mass is 9.77. The van der Waals surface area contributed by atoms with Gasteiger partial charge in [-0.2, -0.15) is 9.78 Å². The van der Waals surface area contributed by atoms with E-state index in [1.165, 1.54) is 4.68 Å². The predicted molar refractivity (Wildman–Crippen MR) is 109 cm³/mol. The van der Waals surface area contributed by atoms with Crippen LogP contribution in [0.5, 0.6) is 0 Å². The van der Waals surface area contributed by atoms with Crippen molar-refractivity contribution in [2.45, 2.75) is 26.7 Å². The van der Waals surface area contributed by atoms with Gasteiger partial charge in [-0.1, -0.05) is 43.6 Å². The summed E-state index contributed by atoms with van der Waals surface area (Å²) >= 11 is 6.25. The zero-order chi connectivity index (χ0) is 18.8. The average Bonchev–Trinajstić information content (AvgIpc) is 2.63. The number of pyridine rings is 1.